The second-order valence-corrected chi connectivity index (χ2v) is 6.97. The van der Waals surface area contributed by atoms with E-state index in [9.17, 15) is 18.4 Å². The number of aryl methyl sites for hydroxylation is 1. The van der Waals surface area contributed by atoms with E-state index in [1.165, 1.54) is 17.8 Å². The van der Waals surface area contributed by atoms with E-state index in [0.717, 1.165) is 17.6 Å². The number of carbonyl (C=O) groups excluding carboxylic acids is 2. The van der Waals surface area contributed by atoms with Crippen molar-refractivity contribution in [3.8, 4) is 0 Å². The summed E-state index contributed by atoms with van der Waals surface area (Å²) in [7, 11) is 0. The number of thioether (sulfide) groups is 1. The van der Waals surface area contributed by atoms with E-state index in [1.807, 2.05) is 11.5 Å². The van der Waals surface area contributed by atoms with Crippen LogP contribution in [-0.2, 0) is 16.1 Å². The molecule has 2 aromatic carbocycles. The molecule has 0 aliphatic rings. The summed E-state index contributed by atoms with van der Waals surface area (Å²) in [6.07, 6.45) is 0. The van der Waals surface area contributed by atoms with Gasteiger partial charge in [0, 0.05) is 18.3 Å². The van der Waals surface area contributed by atoms with Gasteiger partial charge in [0.05, 0.1) is 29.0 Å². The van der Waals surface area contributed by atoms with Gasteiger partial charge in [-0.05, 0) is 44.2 Å². The average molecular weight is 419 g/mol. The highest BCUT2D eigenvalue weighted by molar-refractivity contribution is 7.99. The first kappa shape index (κ1) is 20.8. The number of imidazole rings is 1. The Labute approximate surface area is 170 Å². The third-order valence-corrected chi connectivity index (χ3v) is 5.05. The first-order valence-electron chi connectivity index (χ1n) is 8.98. The molecule has 29 heavy (non-hydrogen) atoms. The van der Waals surface area contributed by atoms with Crippen molar-refractivity contribution < 1.29 is 23.1 Å². The van der Waals surface area contributed by atoms with Crippen molar-refractivity contribution in [2.45, 2.75) is 25.5 Å². The number of carbonyl (C=O) groups is 2. The third-order valence-electron chi connectivity index (χ3n) is 4.08. The Morgan fingerprint density at radius 3 is 2.62 bits per heavy atom. The van der Waals surface area contributed by atoms with Crippen molar-refractivity contribution in [3.05, 3.63) is 53.6 Å². The summed E-state index contributed by atoms with van der Waals surface area (Å²) < 4.78 is 33.2. The van der Waals surface area contributed by atoms with Gasteiger partial charge >= 0.3 is 5.97 Å². The topological polar surface area (TPSA) is 73.2 Å². The Balaban J connectivity index is 1.74. The van der Waals surface area contributed by atoms with E-state index < -0.39 is 17.6 Å². The molecule has 1 N–H and O–H groups in total. The van der Waals surface area contributed by atoms with Crippen LogP contribution in [0.4, 0.5) is 14.5 Å². The molecule has 9 heteroatoms. The van der Waals surface area contributed by atoms with Gasteiger partial charge in [-0.15, -0.1) is 0 Å². The number of fused-ring (bicyclic) bond motifs is 1. The van der Waals surface area contributed by atoms with Gasteiger partial charge in [-0.25, -0.2) is 18.6 Å². The van der Waals surface area contributed by atoms with Crippen LogP contribution in [0.25, 0.3) is 11.0 Å². The number of ether oxygens (including phenoxy) is 1. The van der Waals surface area contributed by atoms with Crippen LogP contribution in [0.1, 0.15) is 24.2 Å². The molecule has 0 bridgehead atoms. The normalized spacial score (nSPS) is 10.9. The van der Waals surface area contributed by atoms with Gasteiger partial charge in [-0.3, -0.25) is 4.79 Å². The van der Waals surface area contributed by atoms with Gasteiger partial charge in [-0.1, -0.05) is 11.8 Å². The lowest BCUT2D eigenvalue weighted by molar-refractivity contribution is -0.113. The van der Waals surface area contributed by atoms with E-state index in [0.29, 0.717) is 22.8 Å². The van der Waals surface area contributed by atoms with Gasteiger partial charge in [-0.2, -0.15) is 0 Å². The van der Waals surface area contributed by atoms with Crippen molar-refractivity contribution in [1.82, 2.24) is 9.55 Å². The summed E-state index contributed by atoms with van der Waals surface area (Å²) in [5, 5.41) is 3.14. The summed E-state index contributed by atoms with van der Waals surface area (Å²) in [5.41, 5.74) is 2.05. The fourth-order valence-electron chi connectivity index (χ4n) is 2.77. The lowest BCUT2D eigenvalue weighted by Gasteiger charge is -2.07. The molecule has 0 radical (unpaired) electrons. The van der Waals surface area contributed by atoms with Crippen LogP contribution in [-0.4, -0.2) is 33.8 Å². The number of nitrogens with zero attached hydrogens (tertiary/aromatic N) is 2. The Kier molecular flexibility index (Phi) is 6.48. The number of aromatic nitrogens is 2. The number of halogens is 2. The summed E-state index contributed by atoms with van der Waals surface area (Å²) in [5.74, 6) is -2.76. The molecule has 0 fully saturated rings. The number of benzene rings is 2. The maximum Gasteiger partial charge on any atom is 0.338 e. The quantitative estimate of drug-likeness (QED) is 0.458. The van der Waals surface area contributed by atoms with E-state index in [4.69, 9.17) is 4.74 Å². The fraction of sp³-hybridized carbons (Fsp3) is 0.250. The Morgan fingerprint density at radius 2 is 1.93 bits per heavy atom. The van der Waals surface area contributed by atoms with Crippen molar-refractivity contribution >= 4 is 40.4 Å². The average Bonchev–Trinajstić information content (AvgIpc) is 3.06. The van der Waals surface area contributed by atoms with Crippen LogP contribution in [0.2, 0.25) is 0 Å². The second-order valence-electron chi connectivity index (χ2n) is 6.03. The summed E-state index contributed by atoms with van der Waals surface area (Å²) in [6.45, 7) is 4.60. The molecule has 1 aromatic heterocycles. The van der Waals surface area contributed by atoms with Gasteiger partial charge in [0.2, 0.25) is 5.91 Å². The molecule has 0 aliphatic carbocycles. The first-order chi connectivity index (χ1) is 13.9. The van der Waals surface area contributed by atoms with Gasteiger partial charge in [0.15, 0.2) is 16.8 Å². The molecule has 0 spiro atoms. The van der Waals surface area contributed by atoms with Gasteiger partial charge in [0.1, 0.15) is 0 Å². The molecule has 3 aromatic rings. The molecule has 3 rings (SSSR count). The second kappa shape index (κ2) is 9.04. The lowest BCUT2D eigenvalue weighted by Crippen LogP contribution is -2.14. The Bertz CT molecular complexity index is 1070. The Hall–Kier alpha value is -2.94. The molecular formula is C20H19F2N3O3S. The zero-order valence-corrected chi connectivity index (χ0v) is 16.7. The number of anilines is 1. The molecule has 1 amide bonds. The van der Waals surface area contributed by atoms with Gasteiger partial charge in [0.25, 0.3) is 0 Å². The zero-order valence-electron chi connectivity index (χ0n) is 15.9. The molecule has 0 atom stereocenters. The molecule has 152 valence electrons. The molecule has 6 nitrogen and oxygen atoms in total. The monoisotopic (exact) mass is 419 g/mol. The zero-order chi connectivity index (χ0) is 21.0. The number of rotatable bonds is 7. The van der Waals surface area contributed by atoms with E-state index in [1.54, 1.807) is 25.1 Å². The fourth-order valence-corrected chi connectivity index (χ4v) is 3.64. The summed E-state index contributed by atoms with van der Waals surface area (Å²) in [4.78, 5) is 28.6. The van der Waals surface area contributed by atoms with Crippen molar-refractivity contribution in [2.24, 2.45) is 0 Å². The molecular weight excluding hydrogens is 400 g/mol. The van der Waals surface area contributed by atoms with Crippen LogP contribution in [0, 0.1) is 11.6 Å². The number of hydrogen-bond donors (Lipinski definition) is 1. The molecule has 0 saturated heterocycles. The smallest absolute Gasteiger partial charge is 0.338 e. The SMILES string of the molecule is CCOC(=O)c1ccc2c(c1)nc(SCC(=O)Nc1ccc(F)c(F)c1)n2CC. The van der Waals surface area contributed by atoms with Crippen molar-refractivity contribution in [3.63, 3.8) is 0 Å². The highest BCUT2D eigenvalue weighted by Gasteiger charge is 2.15. The number of esters is 1. The molecule has 0 aliphatic heterocycles. The van der Waals surface area contributed by atoms with E-state index in [2.05, 4.69) is 10.3 Å². The van der Waals surface area contributed by atoms with Crippen LogP contribution in [0.15, 0.2) is 41.6 Å². The summed E-state index contributed by atoms with van der Waals surface area (Å²) >= 11 is 1.21. The number of amides is 1. The molecule has 0 saturated carbocycles. The minimum Gasteiger partial charge on any atom is -0.462 e. The standard InChI is InChI=1S/C20H19F2N3O3S/c1-3-25-17-8-5-12(19(27)28-4-2)9-16(17)24-20(25)29-11-18(26)23-13-6-7-14(21)15(22)10-13/h5-10H,3-4,11H2,1-2H3,(H,23,26). The predicted molar refractivity (Wildman–Crippen MR) is 107 cm³/mol. The number of nitrogens with one attached hydrogen (secondary N) is 1. The van der Waals surface area contributed by atoms with Crippen LogP contribution in [0.3, 0.4) is 0 Å². The minimum atomic E-state index is -1.03. The lowest BCUT2D eigenvalue weighted by atomic mass is 10.2. The highest BCUT2D eigenvalue weighted by Crippen LogP contribution is 2.25. The number of hydrogen-bond acceptors (Lipinski definition) is 5. The predicted octanol–water partition coefficient (Wildman–Crippen LogP) is 4.24. The van der Waals surface area contributed by atoms with Gasteiger partial charge < -0.3 is 14.6 Å². The molecule has 1 heterocycles. The molecule has 0 unspecified atom stereocenters. The first-order valence-corrected chi connectivity index (χ1v) is 9.96. The van der Waals surface area contributed by atoms with Crippen LogP contribution >= 0.6 is 11.8 Å². The summed E-state index contributed by atoms with van der Waals surface area (Å²) in [6, 6.07) is 8.30. The third kappa shape index (κ3) is 4.73. The van der Waals surface area contributed by atoms with Crippen molar-refractivity contribution in [2.75, 3.05) is 17.7 Å². The van der Waals surface area contributed by atoms with Crippen molar-refractivity contribution in [1.29, 1.82) is 0 Å². The highest BCUT2D eigenvalue weighted by atomic mass is 32.2. The van der Waals surface area contributed by atoms with Crippen LogP contribution < -0.4 is 5.32 Å². The minimum absolute atomic E-state index is 0.0348. The van der Waals surface area contributed by atoms with E-state index >= 15 is 0 Å². The van der Waals surface area contributed by atoms with Crippen LogP contribution in [0.5, 0.6) is 0 Å². The largest absolute Gasteiger partial charge is 0.462 e. The Morgan fingerprint density at radius 1 is 1.14 bits per heavy atom. The van der Waals surface area contributed by atoms with E-state index in [-0.39, 0.29) is 24.0 Å². The maximum atomic E-state index is 13.3. The maximum absolute atomic E-state index is 13.3.